The van der Waals surface area contributed by atoms with Gasteiger partial charge in [0.2, 0.25) is 0 Å². The summed E-state index contributed by atoms with van der Waals surface area (Å²) in [4.78, 5) is 24.3. The number of phenols is 1. The molecule has 0 bridgehead atoms. The molecule has 1 N–H and O–H groups in total. The highest BCUT2D eigenvalue weighted by Crippen LogP contribution is 2.40. The molecule has 6 heteroatoms. The number of nitrogens with zero attached hydrogens (tertiary/aromatic N) is 2. The molecule has 0 saturated heterocycles. The van der Waals surface area contributed by atoms with Crippen LogP contribution in [-0.4, -0.2) is 15.9 Å². The number of carbonyl (C=O) groups is 1. The van der Waals surface area contributed by atoms with Gasteiger partial charge in [-0.15, -0.1) is 0 Å². The number of phenolic OH excluding ortho intramolecular Hbond substituents is 1. The standard InChI is InChI=1S/C19H14N2O4/c1-2-18(23)20(14-7-5-8-15(12-14)21(24)25)19-16-9-4-3-6-13(16)10-11-17(19)22/h2-12,22H,1H2. The van der Waals surface area contributed by atoms with Gasteiger partial charge in [-0.3, -0.25) is 19.8 Å². The van der Waals surface area contributed by atoms with Crippen molar-refractivity contribution in [2.75, 3.05) is 4.90 Å². The summed E-state index contributed by atoms with van der Waals surface area (Å²) in [6, 6.07) is 16.1. The maximum atomic E-state index is 12.5. The lowest BCUT2D eigenvalue weighted by Crippen LogP contribution is -2.24. The van der Waals surface area contributed by atoms with Crippen molar-refractivity contribution in [2.45, 2.75) is 0 Å². The highest BCUT2D eigenvalue weighted by atomic mass is 16.6. The van der Waals surface area contributed by atoms with Crippen LogP contribution in [0.2, 0.25) is 0 Å². The lowest BCUT2D eigenvalue weighted by Gasteiger charge is -2.24. The molecule has 0 radical (unpaired) electrons. The molecule has 25 heavy (non-hydrogen) atoms. The van der Waals surface area contributed by atoms with E-state index in [4.69, 9.17) is 0 Å². The number of nitro benzene ring substituents is 1. The van der Waals surface area contributed by atoms with E-state index >= 15 is 0 Å². The van der Waals surface area contributed by atoms with Gasteiger partial charge in [0.25, 0.3) is 11.6 Å². The molecule has 0 aromatic heterocycles. The Morgan fingerprint density at radius 3 is 2.60 bits per heavy atom. The molecule has 3 aromatic carbocycles. The average molecular weight is 334 g/mol. The Morgan fingerprint density at radius 1 is 1.12 bits per heavy atom. The number of anilines is 2. The minimum Gasteiger partial charge on any atom is -0.506 e. The zero-order valence-electron chi connectivity index (χ0n) is 13.1. The number of rotatable bonds is 4. The van der Waals surface area contributed by atoms with Crippen LogP contribution in [0.3, 0.4) is 0 Å². The third-order valence-electron chi connectivity index (χ3n) is 3.80. The zero-order chi connectivity index (χ0) is 18.0. The summed E-state index contributed by atoms with van der Waals surface area (Å²) < 4.78 is 0. The third kappa shape index (κ3) is 2.92. The number of fused-ring (bicyclic) bond motifs is 1. The smallest absolute Gasteiger partial charge is 0.271 e. The minimum absolute atomic E-state index is 0.111. The summed E-state index contributed by atoms with van der Waals surface area (Å²) in [5.74, 6) is -0.618. The highest BCUT2D eigenvalue weighted by Gasteiger charge is 2.23. The summed E-state index contributed by atoms with van der Waals surface area (Å²) in [6.45, 7) is 3.49. The maximum absolute atomic E-state index is 12.5. The predicted octanol–water partition coefficient (Wildman–Crippen LogP) is 4.30. The molecule has 0 heterocycles. The van der Waals surface area contributed by atoms with Crippen molar-refractivity contribution >= 4 is 33.7 Å². The van der Waals surface area contributed by atoms with Crippen LogP contribution in [0.15, 0.2) is 73.3 Å². The molecule has 3 rings (SSSR count). The van der Waals surface area contributed by atoms with Crippen molar-refractivity contribution in [3.63, 3.8) is 0 Å². The van der Waals surface area contributed by atoms with Crippen molar-refractivity contribution in [3.05, 3.63) is 83.4 Å². The van der Waals surface area contributed by atoms with Gasteiger partial charge < -0.3 is 5.11 Å². The van der Waals surface area contributed by atoms with Crippen LogP contribution in [0.4, 0.5) is 17.1 Å². The fraction of sp³-hybridized carbons (Fsp3) is 0. The van der Waals surface area contributed by atoms with Crippen LogP contribution in [0.5, 0.6) is 5.75 Å². The summed E-state index contributed by atoms with van der Waals surface area (Å²) in [6.07, 6.45) is 1.10. The van der Waals surface area contributed by atoms with Crippen molar-refractivity contribution in [3.8, 4) is 5.75 Å². The molecular formula is C19H14N2O4. The fourth-order valence-electron chi connectivity index (χ4n) is 2.68. The molecule has 0 aliphatic heterocycles. The van der Waals surface area contributed by atoms with E-state index in [9.17, 15) is 20.0 Å². The first kappa shape index (κ1) is 16.2. The lowest BCUT2D eigenvalue weighted by molar-refractivity contribution is -0.384. The van der Waals surface area contributed by atoms with E-state index < -0.39 is 10.8 Å². The number of amides is 1. The first-order valence-electron chi connectivity index (χ1n) is 7.44. The zero-order valence-corrected chi connectivity index (χ0v) is 13.1. The van der Waals surface area contributed by atoms with Crippen LogP contribution in [0.25, 0.3) is 10.8 Å². The van der Waals surface area contributed by atoms with E-state index in [0.717, 1.165) is 11.5 Å². The first-order chi connectivity index (χ1) is 12.0. The van der Waals surface area contributed by atoms with Gasteiger partial charge in [-0.1, -0.05) is 43.0 Å². The van der Waals surface area contributed by atoms with E-state index in [2.05, 4.69) is 6.58 Å². The monoisotopic (exact) mass is 334 g/mol. The predicted molar refractivity (Wildman–Crippen MR) is 96.1 cm³/mol. The van der Waals surface area contributed by atoms with Crippen molar-refractivity contribution < 1.29 is 14.8 Å². The Balaban J connectivity index is 2.30. The van der Waals surface area contributed by atoms with Crippen molar-refractivity contribution in [1.82, 2.24) is 0 Å². The number of benzene rings is 3. The lowest BCUT2D eigenvalue weighted by atomic mass is 10.1. The fourth-order valence-corrected chi connectivity index (χ4v) is 2.68. The molecule has 124 valence electrons. The summed E-state index contributed by atoms with van der Waals surface area (Å²) in [5.41, 5.74) is 0.369. The Morgan fingerprint density at radius 2 is 1.88 bits per heavy atom. The molecule has 0 fully saturated rings. The van der Waals surface area contributed by atoms with E-state index in [1.54, 1.807) is 24.3 Å². The van der Waals surface area contributed by atoms with Crippen LogP contribution in [0, 0.1) is 10.1 Å². The first-order valence-corrected chi connectivity index (χ1v) is 7.44. The molecule has 0 aliphatic rings. The Hall–Kier alpha value is -3.67. The largest absolute Gasteiger partial charge is 0.506 e. The van der Waals surface area contributed by atoms with Crippen molar-refractivity contribution in [2.24, 2.45) is 0 Å². The average Bonchev–Trinajstić information content (AvgIpc) is 2.63. The van der Waals surface area contributed by atoms with E-state index in [1.807, 2.05) is 12.1 Å². The molecule has 0 saturated carbocycles. The van der Waals surface area contributed by atoms with Crippen LogP contribution >= 0.6 is 0 Å². The third-order valence-corrected chi connectivity index (χ3v) is 3.80. The molecule has 0 atom stereocenters. The number of hydrogen-bond donors (Lipinski definition) is 1. The Labute approximate surface area is 143 Å². The Kier molecular flexibility index (Phi) is 4.18. The number of carbonyl (C=O) groups excluding carboxylic acids is 1. The van der Waals surface area contributed by atoms with E-state index in [-0.39, 0.29) is 22.8 Å². The summed E-state index contributed by atoms with van der Waals surface area (Å²) in [5, 5.41) is 22.9. The number of aromatic hydroxyl groups is 1. The molecule has 3 aromatic rings. The molecule has 1 amide bonds. The second-order valence-corrected chi connectivity index (χ2v) is 5.31. The molecular weight excluding hydrogens is 320 g/mol. The Bertz CT molecular complexity index is 998. The normalized spacial score (nSPS) is 10.4. The van der Waals surface area contributed by atoms with Crippen LogP contribution in [0.1, 0.15) is 0 Å². The second-order valence-electron chi connectivity index (χ2n) is 5.31. The van der Waals surface area contributed by atoms with Gasteiger partial charge in [-0.25, -0.2) is 0 Å². The van der Waals surface area contributed by atoms with Crippen LogP contribution < -0.4 is 4.90 Å². The summed E-state index contributed by atoms with van der Waals surface area (Å²) >= 11 is 0. The van der Waals surface area contributed by atoms with Gasteiger partial charge in [-0.05, 0) is 23.6 Å². The van der Waals surface area contributed by atoms with Gasteiger partial charge in [-0.2, -0.15) is 0 Å². The highest BCUT2D eigenvalue weighted by molar-refractivity contribution is 6.13. The summed E-state index contributed by atoms with van der Waals surface area (Å²) in [7, 11) is 0. The SMILES string of the molecule is C=CC(=O)N(c1cccc([N+](=O)[O-])c1)c1c(O)ccc2ccccc12. The molecule has 0 aliphatic carbocycles. The minimum atomic E-state index is -0.539. The molecule has 0 spiro atoms. The van der Waals surface area contributed by atoms with E-state index in [1.165, 1.54) is 29.2 Å². The molecule has 0 unspecified atom stereocenters. The number of hydrogen-bond acceptors (Lipinski definition) is 4. The van der Waals surface area contributed by atoms with Gasteiger partial charge in [0, 0.05) is 17.5 Å². The van der Waals surface area contributed by atoms with Gasteiger partial charge in [0.05, 0.1) is 16.3 Å². The maximum Gasteiger partial charge on any atom is 0.271 e. The number of non-ortho nitro benzene ring substituents is 1. The van der Waals surface area contributed by atoms with Crippen molar-refractivity contribution in [1.29, 1.82) is 0 Å². The molecule has 6 nitrogen and oxygen atoms in total. The van der Waals surface area contributed by atoms with E-state index in [0.29, 0.717) is 5.39 Å². The topological polar surface area (TPSA) is 83.7 Å². The number of nitro groups is 1. The van der Waals surface area contributed by atoms with Gasteiger partial charge >= 0.3 is 0 Å². The quantitative estimate of drug-likeness (QED) is 0.438. The second kappa shape index (κ2) is 6.45. The van der Waals surface area contributed by atoms with Crippen LogP contribution in [-0.2, 0) is 4.79 Å². The van der Waals surface area contributed by atoms with Gasteiger partial charge in [0.1, 0.15) is 5.75 Å². The van der Waals surface area contributed by atoms with Gasteiger partial charge in [0.15, 0.2) is 0 Å².